The highest BCUT2D eigenvalue weighted by Crippen LogP contribution is 2.21. The number of rotatable bonds is 3. The molecule has 0 spiro atoms. The van der Waals surface area contributed by atoms with E-state index in [4.69, 9.17) is 4.42 Å². The molecule has 110 valence electrons. The van der Waals surface area contributed by atoms with E-state index in [0.29, 0.717) is 5.76 Å². The number of nitrogens with one attached hydrogen (secondary N) is 1. The van der Waals surface area contributed by atoms with Crippen LogP contribution in [0.1, 0.15) is 28.2 Å². The molecule has 0 aliphatic heterocycles. The lowest BCUT2D eigenvalue weighted by Crippen LogP contribution is -2.39. The van der Waals surface area contributed by atoms with Crippen LogP contribution < -0.4 is 10.2 Å². The van der Waals surface area contributed by atoms with Gasteiger partial charge in [0.2, 0.25) is 5.95 Å². The van der Waals surface area contributed by atoms with Gasteiger partial charge in [-0.3, -0.25) is 4.79 Å². The largest absolute Gasteiger partial charge is 0.459 e. The van der Waals surface area contributed by atoms with E-state index in [0.717, 1.165) is 36.5 Å². The summed E-state index contributed by atoms with van der Waals surface area (Å²) in [6, 6.07) is 3.48. The Kier molecular flexibility index (Phi) is 3.60. The summed E-state index contributed by atoms with van der Waals surface area (Å²) in [6.07, 6.45) is 5.85. The third kappa shape index (κ3) is 2.89. The number of hydrogen-bond acceptors (Lipinski definition) is 5. The molecule has 1 N–H and O–H groups in total. The number of nitrogens with zero attached hydrogens (tertiary/aromatic N) is 3. The molecule has 1 aliphatic carbocycles. The van der Waals surface area contributed by atoms with Gasteiger partial charge in [-0.25, -0.2) is 9.97 Å². The van der Waals surface area contributed by atoms with Crippen molar-refractivity contribution in [2.24, 2.45) is 0 Å². The highest BCUT2D eigenvalue weighted by atomic mass is 16.3. The molecule has 1 atom stereocenters. The molecule has 0 bridgehead atoms. The maximum absolute atomic E-state index is 12.0. The van der Waals surface area contributed by atoms with Crippen molar-refractivity contribution in [3.05, 3.63) is 41.6 Å². The minimum atomic E-state index is -0.167. The Balaban J connectivity index is 1.69. The Labute approximate surface area is 123 Å². The first-order valence-electron chi connectivity index (χ1n) is 7.00. The maximum Gasteiger partial charge on any atom is 0.287 e. The van der Waals surface area contributed by atoms with Crippen molar-refractivity contribution in [3.63, 3.8) is 0 Å². The van der Waals surface area contributed by atoms with Gasteiger partial charge in [-0.15, -0.1) is 0 Å². The fraction of sp³-hybridized carbons (Fsp3) is 0.400. The molecule has 2 aromatic heterocycles. The number of anilines is 1. The normalized spacial score (nSPS) is 17.1. The van der Waals surface area contributed by atoms with Crippen molar-refractivity contribution in [3.8, 4) is 0 Å². The summed E-state index contributed by atoms with van der Waals surface area (Å²) in [7, 11) is 3.86. The average molecular weight is 286 g/mol. The second kappa shape index (κ2) is 5.55. The van der Waals surface area contributed by atoms with Crippen LogP contribution in [-0.4, -0.2) is 36.0 Å². The van der Waals surface area contributed by atoms with Crippen LogP contribution in [0.15, 0.2) is 29.0 Å². The van der Waals surface area contributed by atoms with Gasteiger partial charge in [-0.2, -0.15) is 0 Å². The number of fused-ring (bicyclic) bond motifs is 1. The molecular formula is C15H18N4O2. The molecule has 1 amide bonds. The highest BCUT2D eigenvalue weighted by molar-refractivity contribution is 5.91. The van der Waals surface area contributed by atoms with Gasteiger partial charge in [0.1, 0.15) is 0 Å². The number of furan rings is 1. The van der Waals surface area contributed by atoms with Crippen molar-refractivity contribution in [1.29, 1.82) is 0 Å². The molecule has 2 aromatic rings. The Morgan fingerprint density at radius 1 is 1.48 bits per heavy atom. The summed E-state index contributed by atoms with van der Waals surface area (Å²) < 4.78 is 5.11. The predicted molar refractivity (Wildman–Crippen MR) is 78.3 cm³/mol. The molecule has 3 rings (SSSR count). The molecule has 1 unspecified atom stereocenters. The van der Waals surface area contributed by atoms with Crippen molar-refractivity contribution in [2.45, 2.75) is 25.3 Å². The third-order valence-electron chi connectivity index (χ3n) is 3.62. The van der Waals surface area contributed by atoms with Gasteiger partial charge < -0.3 is 14.6 Å². The van der Waals surface area contributed by atoms with Crippen molar-refractivity contribution < 1.29 is 9.21 Å². The summed E-state index contributed by atoms with van der Waals surface area (Å²) in [5.41, 5.74) is 2.19. The lowest BCUT2D eigenvalue weighted by molar-refractivity contribution is 0.0905. The topological polar surface area (TPSA) is 71.3 Å². The third-order valence-corrected chi connectivity index (χ3v) is 3.62. The zero-order valence-corrected chi connectivity index (χ0v) is 12.2. The van der Waals surface area contributed by atoms with Crippen LogP contribution in [0.4, 0.5) is 5.95 Å². The molecule has 6 nitrogen and oxygen atoms in total. The van der Waals surface area contributed by atoms with Crippen LogP contribution in [0.5, 0.6) is 0 Å². The molecule has 0 aromatic carbocycles. The summed E-state index contributed by atoms with van der Waals surface area (Å²) in [5, 5.41) is 3.00. The van der Waals surface area contributed by atoms with Crippen molar-refractivity contribution in [1.82, 2.24) is 15.3 Å². The standard InChI is InChI=1S/C15H18N4O2/c1-19(2)15-16-9-10-8-11(5-6-12(10)18-15)17-14(20)13-4-3-7-21-13/h3-4,7,9,11H,5-6,8H2,1-2H3,(H,17,20). The van der Waals surface area contributed by atoms with Gasteiger partial charge >= 0.3 is 0 Å². The van der Waals surface area contributed by atoms with Gasteiger partial charge in [0, 0.05) is 32.0 Å². The SMILES string of the molecule is CN(C)c1ncc2c(n1)CCC(NC(=O)c1ccco1)C2. The van der Waals surface area contributed by atoms with Crippen LogP contribution >= 0.6 is 0 Å². The number of aromatic nitrogens is 2. The predicted octanol–water partition coefficient (Wildman–Crippen LogP) is 1.42. The van der Waals surface area contributed by atoms with E-state index in [9.17, 15) is 4.79 Å². The van der Waals surface area contributed by atoms with Crippen molar-refractivity contribution >= 4 is 11.9 Å². The van der Waals surface area contributed by atoms with Gasteiger partial charge in [-0.1, -0.05) is 0 Å². The van der Waals surface area contributed by atoms with Gasteiger partial charge in [0.25, 0.3) is 5.91 Å². The molecule has 0 fully saturated rings. The zero-order valence-electron chi connectivity index (χ0n) is 12.2. The van der Waals surface area contributed by atoms with E-state index >= 15 is 0 Å². The second-order valence-electron chi connectivity index (χ2n) is 5.43. The number of amides is 1. The lowest BCUT2D eigenvalue weighted by atomic mass is 9.93. The minimum absolute atomic E-state index is 0.101. The van der Waals surface area contributed by atoms with E-state index in [1.165, 1.54) is 6.26 Å². The number of carbonyl (C=O) groups is 1. The summed E-state index contributed by atoms with van der Waals surface area (Å²) in [6.45, 7) is 0. The highest BCUT2D eigenvalue weighted by Gasteiger charge is 2.23. The number of carbonyl (C=O) groups excluding carboxylic acids is 1. The molecule has 0 saturated heterocycles. The maximum atomic E-state index is 12.0. The Morgan fingerprint density at radius 2 is 2.33 bits per heavy atom. The summed E-state index contributed by atoms with van der Waals surface area (Å²) in [4.78, 5) is 22.8. The van der Waals surface area contributed by atoms with Crippen LogP contribution in [-0.2, 0) is 12.8 Å². The van der Waals surface area contributed by atoms with Crippen molar-refractivity contribution in [2.75, 3.05) is 19.0 Å². The molecule has 21 heavy (non-hydrogen) atoms. The molecule has 1 aliphatic rings. The first-order valence-corrected chi connectivity index (χ1v) is 7.00. The van der Waals surface area contributed by atoms with Gasteiger partial charge in [0.05, 0.1) is 6.26 Å². The number of aryl methyl sites for hydroxylation is 1. The van der Waals surface area contributed by atoms with Crippen LogP contribution in [0.3, 0.4) is 0 Å². The van der Waals surface area contributed by atoms with E-state index in [2.05, 4.69) is 15.3 Å². The van der Waals surface area contributed by atoms with E-state index in [1.54, 1.807) is 12.1 Å². The monoisotopic (exact) mass is 286 g/mol. The van der Waals surface area contributed by atoms with E-state index in [1.807, 2.05) is 25.2 Å². The quantitative estimate of drug-likeness (QED) is 0.924. The fourth-order valence-electron chi connectivity index (χ4n) is 2.50. The first kappa shape index (κ1) is 13.6. The molecule has 0 radical (unpaired) electrons. The molecule has 2 heterocycles. The van der Waals surface area contributed by atoms with Crippen LogP contribution in [0.2, 0.25) is 0 Å². The Morgan fingerprint density at radius 3 is 3.05 bits per heavy atom. The van der Waals surface area contributed by atoms with E-state index < -0.39 is 0 Å². The summed E-state index contributed by atoms with van der Waals surface area (Å²) >= 11 is 0. The Bertz CT molecular complexity index is 637. The van der Waals surface area contributed by atoms with Gasteiger partial charge in [-0.05, 0) is 37.0 Å². The smallest absolute Gasteiger partial charge is 0.287 e. The van der Waals surface area contributed by atoms with E-state index in [-0.39, 0.29) is 11.9 Å². The molecule has 0 saturated carbocycles. The first-order chi connectivity index (χ1) is 10.1. The fourth-order valence-corrected chi connectivity index (χ4v) is 2.50. The van der Waals surface area contributed by atoms with Crippen LogP contribution in [0.25, 0.3) is 0 Å². The average Bonchev–Trinajstić information content (AvgIpc) is 3.01. The summed E-state index contributed by atoms with van der Waals surface area (Å²) in [5.74, 6) is 0.908. The Hall–Kier alpha value is -2.37. The minimum Gasteiger partial charge on any atom is -0.459 e. The van der Waals surface area contributed by atoms with Crippen LogP contribution in [0, 0.1) is 0 Å². The number of hydrogen-bond donors (Lipinski definition) is 1. The molecule has 6 heteroatoms. The molecular weight excluding hydrogens is 268 g/mol. The van der Waals surface area contributed by atoms with Gasteiger partial charge in [0.15, 0.2) is 5.76 Å². The lowest BCUT2D eigenvalue weighted by Gasteiger charge is -2.25. The zero-order chi connectivity index (χ0) is 14.8. The second-order valence-corrected chi connectivity index (χ2v) is 5.43.